The Labute approximate surface area is 131 Å². The zero-order valence-corrected chi connectivity index (χ0v) is 13.7. The molecule has 0 heterocycles. The molecular weight excluding hydrogens is 353 g/mol. The Morgan fingerprint density at radius 2 is 2.00 bits per heavy atom. The van der Waals surface area contributed by atoms with Gasteiger partial charge in [0.05, 0.1) is 12.6 Å². The Hall–Kier alpha value is -0.820. The highest BCUT2D eigenvalue weighted by atomic mass is 127. The standard InChI is InChI=1S/C14H21N3O.HI/c1-10-3-5-11(6-4-10)13(18)9-16-14(15)17(2)12-7-8-12;/h3-6,12-13,18H,7-9H2,1-2H3,(H2,15,16);1H. The van der Waals surface area contributed by atoms with Gasteiger partial charge in [-0.3, -0.25) is 4.99 Å². The summed E-state index contributed by atoms with van der Waals surface area (Å²) in [6, 6.07) is 8.38. The Morgan fingerprint density at radius 1 is 1.42 bits per heavy atom. The van der Waals surface area contributed by atoms with Gasteiger partial charge in [0.15, 0.2) is 5.96 Å². The molecule has 19 heavy (non-hydrogen) atoms. The van der Waals surface area contributed by atoms with E-state index >= 15 is 0 Å². The minimum Gasteiger partial charge on any atom is -0.386 e. The quantitative estimate of drug-likeness (QED) is 0.481. The van der Waals surface area contributed by atoms with Gasteiger partial charge in [-0.25, -0.2) is 0 Å². The lowest BCUT2D eigenvalue weighted by molar-refractivity contribution is 0.187. The molecule has 4 nitrogen and oxygen atoms in total. The number of hydrogen-bond donors (Lipinski definition) is 2. The predicted octanol–water partition coefficient (Wildman–Crippen LogP) is 2.06. The van der Waals surface area contributed by atoms with Crippen LogP contribution in [0.25, 0.3) is 0 Å². The lowest BCUT2D eigenvalue weighted by Gasteiger charge is -2.17. The van der Waals surface area contributed by atoms with Crippen LogP contribution in [-0.2, 0) is 0 Å². The third-order valence-electron chi connectivity index (χ3n) is 3.34. The molecule has 1 aromatic carbocycles. The normalized spacial score (nSPS) is 16.7. The van der Waals surface area contributed by atoms with Gasteiger partial charge in [-0.15, -0.1) is 24.0 Å². The smallest absolute Gasteiger partial charge is 0.191 e. The molecule has 0 bridgehead atoms. The van der Waals surface area contributed by atoms with Crippen LogP contribution in [0.3, 0.4) is 0 Å². The molecule has 1 unspecified atom stereocenters. The Kier molecular flexibility index (Phi) is 6.06. The largest absolute Gasteiger partial charge is 0.386 e. The fourth-order valence-electron chi connectivity index (χ4n) is 1.83. The van der Waals surface area contributed by atoms with Gasteiger partial charge in [-0.05, 0) is 25.3 Å². The van der Waals surface area contributed by atoms with E-state index in [2.05, 4.69) is 4.99 Å². The van der Waals surface area contributed by atoms with E-state index in [4.69, 9.17) is 5.73 Å². The van der Waals surface area contributed by atoms with Crippen molar-refractivity contribution in [2.45, 2.75) is 31.9 Å². The number of nitrogens with zero attached hydrogens (tertiary/aromatic N) is 2. The summed E-state index contributed by atoms with van der Waals surface area (Å²) in [5.74, 6) is 0.517. The Balaban J connectivity index is 0.00000180. The van der Waals surface area contributed by atoms with Crippen molar-refractivity contribution in [3.63, 3.8) is 0 Å². The minimum absolute atomic E-state index is 0. The van der Waals surface area contributed by atoms with E-state index in [0.29, 0.717) is 18.5 Å². The maximum Gasteiger partial charge on any atom is 0.191 e. The number of halogens is 1. The van der Waals surface area contributed by atoms with Crippen LogP contribution in [-0.4, -0.2) is 35.6 Å². The molecule has 5 heteroatoms. The SMILES string of the molecule is Cc1ccc(C(O)CN=C(N)N(C)C2CC2)cc1.I. The van der Waals surface area contributed by atoms with E-state index in [-0.39, 0.29) is 24.0 Å². The average Bonchev–Trinajstić information content (AvgIpc) is 3.19. The van der Waals surface area contributed by atoms with Crippen molar-refractivity contribution >= 4 is 29.9 Å². The van der Waals surface area contributed by atoms with E-state index in [1.165, 1.54) is 18.4 Å². The molecule has 0 aliphatic heterocycles. The Bertz CT molecular complexity index is 429. The van der Waals surface area contributed by atoms with Crippen LogP contribution < -0.4 is 5.73 Å². The van der Waals surface area contributed by atoms with E-state index in [0.717, 1.165) is 5.56 Å². The van der Waals surface area contributed by atoms with Gasteiger partial charge >= 0.3 is 0 Å². The lowest BCUT2D eigenvalue weighted by Crippen LogP contribution is -2.36. The second kappa shape index (κ2) is 7.09. The van der Waals surface area contributed by atoms with E-state index in [1.807, 2.05) is 43.1 Å². The lowest BCUT2D eigenvalue weighted by atomic mass is 10.1. The summed E-state index contributed by atoms with van der Waals surface area (Å²) in [6.45, 7) is 2.34. The number of nitrogens with two attached hydrogens (primary N) is 1. The van der Waals surface area contributed by atoms with Crippen LogP contribution in [0.2, 0.25) is 0 Å². The topological polar surface area (TPSA) is 61.9 Å². The van der Waals surface area contributed by atoms with Gasteiger partial charge in [-0.2, -0.15) is 0 Å². The molecule has 1 aromatic rings. The number of aliphatic hydroxyl groups is 1. The number of aliphatic imine (C=N–C) groups is 1. The molecule has 2 rings (SSSR count). The highest BCUT2D eigenvalue weighted by Crippen LogP contribution is 2.25. The number of aliphatic hydroxyl groups excluding tert-OH is 1. The van der Waals surface area contributed by atoms with E-state index < -0.39 is 6.10 Å². The van der Waals surface area contributed by atoms with Crippen LogP contribution in [0.15, 0.2) is 29.3 Å². The van der Waals surface area contributed by atoms with Crippen LogP contribution in [0.5, 0.6) is 0 Å². The van der Waals surface area contributed by atoms with Crippen molar-refractivity contribution < 1.29 is 5.11 Å². The highest BCUT2D eigenvalue weighted by Gasteiger charge is 2.27. The number of rotatable bonds is 4. The molecule has 0 radical (unpaired) electrons. The first kappa shape index (κ1) is 16.2. The summed E-state index contributed by atoms with van der Waals surface area (Å²) in [7, 11) is 1.95. The fourth-order valence-corrected chi connectivity index (χ4v) is 1.83. The maximum atomic E-state index is 10.0. The first-order chi connectivity index (χ1) is 8.58. The van der Waals surface area contributed by atoms with E-state index in [9.17, 15) is 5.11 Å². The zero-order valence-electron chi connectivity index (χ0n) is 11.4. The highest BCUT2D eigenvalue weighted by molar-refractivity contribution is 14.0. The van der Waals surface area contributed by atoms with Crippen LogP contribution in [0.4, 0.5) is 0 Å². The van der Waals surface area contributed by atoms with Gasteiger partial charge in [0.1, 0.15) is 0 Å². The number of guanidine groups is 1. The van der Waals surface area contributed by atoms with Gasteiger partial charge in [0.25, 0.3) is 0 Å². The van der Waals surface area contributed by atoms with Gasteiger partial charge in [-0.1, -0.05) is 29.8 Å². The molecule has 0 amide bonds. The molecule has 1 saturated carbocycles. The third-order valence-corrected chi connectivity index (χ3v) is 3.34. The first-order valence-electron chi connectivity index (χ1n) is 6.35. The van der Waals surface area contributed by atoms with Crippen LogP contribution in [0.1, 0.15) is 30.1 Å². The zero-order chi connectivity index (χ0) is 13.1. The monoisotopic (exact) mass is 375 g/mol. The summed E-state index contributed by atoms with van der Waals surface area (Å²) in [6.07, 6.45) is 1.79. The molecule has 1 aliphatic rings. The molecule has 1 atom stereocenters. The molecule has 0 spiro atoms. The molecule has 1 aliphatic carbocycles. The van der Waals surface area contributed by atoms with Crippen molar-refractivity contribution in [3.05, 3.63) is 35.4 Å². The summed E-state index contributed by atoms with van der Waals surface area (Å²) < 4.78 is 0. The summed E-state index contributed by atoms with van der Waals surface area (Å²) in [5, 5.41) is 10.0. The van der Waals surface area contributed by atoms with Crippen LogP contribution in [0, 0.1) is 6.92 Å². The van der Waals surface area contributed by atoms with Crippen molar-refractivity contribution in [3.8, 4) is 0 Å². The number of benzene rings is 1. The predicted molar refractivity (Wildman–Crippen MR) is 88.8 cm³/mol. The summed E-state index contributed by atoms with van der Waals surface area (Å²) in [5.41, 5.74) is 7.94. The fraction of sp³-hybridized carbons (Fsp3) is 0.500. The maximum absolute atomic E-state index is 10.0. The first-order valence-corrected chi connectivity index (χ1v) is 6.35. The van der Waals surface area contributed by atoms with Gasteiger partial charge in [0, 0.05) is 13.1 Å². The average molecular weight is 375 g/mol. The number of aryl methyl sites for hydroxylation is 1. The van der Waals surface area contributed by atoms with Crippen molar-refractivity contribution in [1.82, 2.24) is 4.90 Å². The Morgan fingerprint density at radius 3 is 2.53 bits per heavy atom. The second-order valence-corrected chi connectivity index (χ2v) is 4.97. The van der Waals surface area contributed by atoms with Crippen molar-refractivity contribution in [2.24, 2.45) is 10.7 Å². The molecule has 1 fully saturated rings. The summed E-state index contributed by atoms with van der Waals surface area (Å²) >= 11 is 0. The number of hydrogen-bond acceptors (Lipinski definition) is 2. The molecule has 3 N–H and O–H groups in total. The van der Waals surface area contributed by atoms with E-state index in [1.54, 1.807) is 0 Å². The third kappa shape index (κ3) is 4.65. The molecular formula is C14H22IN3O. The summed E-state index contributed by atoms with van der Waals surface area (Å²) in [4.78, 5) is 6.24. The molecule has 0 aromatic heterocycles. The van der Waals surface area contributed by atoms with Crippen molar-refractivity contribution in [1.29, 1.82) is 0 Å². The van der Waals surface area contributed by atoms with Crippen LogP contribution >= 0.6 is 24.0 Å². The van der Waals surface area contributed by atoms with Gasteiger partial charge in [0.2, 0.25) is 0 Å². The van der Waals surface area contributed by atoms with Gasteiger partial charge < -0.3 is 15.7 Å². The second-order valence-electron chi connectivity index (χ2n) is 4.97. The van der Waals surface area contributed by atoms with Crippen molar-refractivity contribution in [2.75, 3.05) is 13.6 Å². The molecule has 0 saturated heterocycles. The molecule has 106 valence electrons. The minimum atomic E-state index is -0.586.